The van der Waals surface area contributed by atoms with Crippen LogP contribution in [0.1, 0.15) is 61.2 Å². The van der Waals surface area contributed by atoms with Gasteiger partial charge < -0.3 is 14.2 Å². The number of rotatable bonds is 4. The Bertz CT molecular complexity index is 758. The zero-order valence-electron chi connectivity index (χ0n) is 14.5. The van der Waals surface area contributed by atoms with Gasteiger partial charge in [0.25, 0.3) is 0 Å². The Hall–Kier alpha value is -2.21. The molecule has 2 aromatic rings. The Morgan fingerprint density at radius 1 is 1.36 bits per heavy atom. The quantitative estimate of drug-likeness (QED) is 0.855. The second-order valence-electron chi connectivity index (χ2n) is 6.66. The molecule has 0 unspecified atom stereocenters. The Balaban J connectivity index is 1.49. The van der Waals surface area contributed by atoms with Gasteiger partial charge in [-0.1, -0.05) is 36.3 Å². The maximum Gasteiger partial charge on any atom is 0.226 e. The van der Waals surface area contributed by atoms with Crippen LogP contribution in [0.5, 0.6) is 0 Å². The van der Waals surface area contributed by atoms with Gasteiger partial charge in [-0.15, -0.1) is 0 Å². The lowest BCUT2D eigenvalue weighted by Gasteiger charge is -2.29. The number of aryl methyl sites for hydroxylation is 1. The minimum absolute atomic E-state index is 0.0737. The van der Waals surface area contributed by atoms with Crippen LogP contribution in [0.2, 0.25) is 0 Å². The molecule has 4 rings (SSSR count). The largest absolute Gasteiger partial charge is 0.373 e. The number of carbonyl (C=O) groups excluding carboxylic acids is 1. The van der Waals surface area contributed by atoms with Crippen LogP contribution in [0.25, 0.3) is 0 Å². The molecule has 132 valence electrons. The lowest BCUT2D eigenvalue weighted by molar-refractivity contribution is -0.135. The average Bonchev–Trinajstić information content (AvgIpc) is 3.31. The van der Waals surface area contributed by atoms with Gasteiger partial charge in [-0.05, 0) is 30.4 Å². The van der Waals surface area contributed by atoms with Gasteiger partial charge in [0.05, 0.1) is 25.2 Å². The highest BCUT2D eigenvalue weighted by Gasteiger charge is 2.35. The lowest BCUT2D eigenvalue weighted by atomic mass is 9.95. The minimum Gasteiger partial charge on any atom is -0.373 e. The van der Waals surface area contributed by atoms with Gasteiger partial charge in [0.15, 0.2) is 5.82 Å². The van der Waals surface area contributed by atoms with Gasteiger partial charge in [-0.25, -0.2) is 0 Å². The molecular weight excluding hydrogens is 318 g/mol. The van der Waals surface area contributed by atoms with E-state index in [1.165, 1.54) is 5.56 Å². The summed E-state index contributed by atoms with van der Waals surface area (Å²) < 4.78 is 11.1. The molecule has 25 heavy (non-hydrogen) atoms. The number of amides is 1. The molecule has 3 heterocycles. The molecule has 0 bridgehead atoms. The first-order valence-corrected chi connectivity index (χ1v) is 9.07. The summed E-state index contributed by atoms with van der Waals surface area (Å²) in [5.74, 6) is 1.36. The smallest absolute Gasteiger partial charge is 0.226 e. The normalized spacial score (nSPS) is 22.8. The van der Waals surface area contributed by atoms with Crippen LogP contribution in [-0.2, 0) is 22.4 Å². The highest BCUT2D eigenvalue weighted by Crippen LogP contribution is 2.34. The molecule has 0 saturated carbocycles. The Morgan fingerprint density at radius 2 is 2.24 bits per heavy atom. The summed E-state index contributed by atoms with van der Waals surface area (Å²) in [7, 11) is 0. The molecule has 1 aromatic carbocycles. The van der Waals surface area contributed by atoms with Crippen molar-refractivity contribution in [3.05, 3.63) is 47.1 Å². The molecule has 0 aliphatic carbocycles. The number of fused-ring (bicyclic) bond motifs is 1. The molecule has 0 radical (unpaired) electrons. The molecule has 1 amide bonds. The fourth-order valence-electron chi connectivity index (χ4n) is 3.80. The molecule has 2 atom stereocenters. The van der Waals surface area contributed by atoms with Crippen LogP contribution in [0.3, 0.4) is 0 Å². The second-order valence-corrected chi connectivity index (χ2v) is 6.66. The van der Waals surface area contributed by atoms with Crippen molar-refractivity contribution in [3.63, 3.8) is 0 Å². The first-order chi connectivity index (χ1) is 12.3. The van der Waals surface area contributed by atoms with Crippen LogP contribution in [0, 0.1) is 0 Å². The first kappa shape index (κ1) is 16.3. The van der Waals surface area contributed by atoms with Crippen molar-refractivity contribution in [2.75, 3.05) is 13.2 Å². The highest BCUT2D eigenvalue weighted by atomic mass is 16.5. The summed E-state index contributed by atoms with van der Waals surface area (Å²) in [6.07, 6.45) is 3.68. The molecule has 1 saturated heterocycles. The van der Waals surface area contributed by atoms with E-state index in [2.05, 4.69) is 22.3 Å². The van der Waals surface area contributed by atoms with Crippen molar-refractivity contribution in [2.24, 2.45) is 0 Å². The van der Waals surface area contributed by atoms with Crippen molar-refractivity contribution in [3.8, 4) is 0 Å². The van der Waals surface area contributed by atoms with E-state index in [1.807, 2.05) is 24.0 Å². The summed E-state index contributed by atoms with van der Waals surface area (Å²) in [5, 5.41) is 4.07. The van der Waals surface area contributed by atoms with Gasteiger partial charge in [-0.3, -0.25) is 4.79 Å². The molecule has 2 aliphatic heterocycles. The van der Waals surface area contributed by atoms with Crippen molar-refractivity contribution in [1.82, 2.24) is 15.0 Å². The fourth-order valence-corrected chi connectivity index (χ4v) is 3.80. The van der Waals surface area contributed by atoms with E-state index in [1.54, 1.807) is 0 Å². The first-order valence-electron chi connectivity index (χ1n) is 9.07. The Morgan fingerprint density at radius 3 is 3.08 bits per heavy atom. The number of aromatic nitrogens is 2. The van der Waals surface area contributed by atoms with Gasteiger partial charge in [0.2, 0.25) is 11.8 Å². The Labute approximate surface area is 147 Å². The zero-order chi connectivity index (χ0) is 17.2. The van der Waals surface area contributed by atoms with E-state index >= 15 is 0 Å². The number of carbonyl (C=O) groups is 1. The summed E-state index contributed by atoms with van der Waals surface area (Å²) in [4.78, 5) is 19.3. The van der Waals surface area contributed by atoms with E-state index in [0.29, 0.717) is 31.2 Å². The highest BCUT2D eigenvalue weighted by molar-refractivity contribution is 5.77. The maximum absolute atomic E-state index is 12.9. The van der Waals surface area contributed by atoms with Gasteiger partial charge in [-0.2, -0.15) is 4.98 Å². The minimum atomic E-state index is -0.157. The van der Waals surface area contributed by atoms with E-state index in [0.717, 1.165) is 31.4 Å². The molecule has 0 spiro atoms. The van der Waals surface area contributed by atoms with E-state index in [4.69, 9.17) is 9.26 Å². The Kier molecular flexibility index (Phi) is 4.53. The number of hydrogen-bond acceptors (Lipinski definition) is 5. The SMILES string of the molecule is CCc1nc([C@H]2CCCN2C(=O)C[C@H]2OCCc3ccccc32)no1. The van der Waals surface area contributed by atoms with Crippen molar-refractivity contribution in [1.29, 1.82) is 0 Å². The third-order valence-electron chi connectivity index (χ3n) is 5.11. The summed E-state index contributed by atoms with van der Waals surface area (Å²) in [6, 6.07) is 8.17. The number of hydrogen-bond donors (Lipinski definition) is 0. The van der Waals surface area contributed by atoms with Crippen molar-refractivity contribution in [2.45, 2.75) is 51.2 Å². The van der Waals surface area contributed by atoms with Crippen LogP contribution in [0.15, 0.2) is 28.8 Å². The maximum atomic E-state index is 12.9. The number of benzene rings is 1. The van der Waals surface area contributed by atoms with Gasteiger partial charge >= 0.3 is 0 Å². The van der Waals surface area contributed by atoms with Crippen LogP contribution in [-0.4, -0.2) is 34.1 Å². The predicted molar refractivity (Wildman–Crippen MR) is 90.8 cm³/mol. The lowest BCUT2D eigenvalue weighted by Crippen LogP contribution is -2.33. The number of ether oxygens (including phenoxy) is 1. The number of likely N-dealkylation sites (tertiary alicyclic amines) is 1. The molecule has 2 aliphatic rings. The van der Waals surface area contributed by atoms with E-state index in [-0.39, 0.29) is 18.1 Å². The standard InChI is InChI=1S/C19H23N3O3/c1-2-17-20-19(21-25-17)15-8-5-10-22(15)18(23)12-16-14-7-4-3-6-13(14)9-11-24-16/h3-4,6-7,15-16H,2,5,8-12H2,1H3/t15-,16-/m1/s1. The third kappa shape index (κ3) is 3.18. The molecule has 6 nitrogen and oxygen atoms in total. The third-order valence-corrected chi connectivity index (χ3v) is 5.11. The monoisotopic (exact) mass is 341 g/mol. The molecule has 6 heteroatoms. The number of nitrogens with zero attached hydrogens (tertiary/aromatic N) is 3. The second kappa shape index (κ2) is 6.96. The predicted octanol–water partition coefficient (Wildman–Crippen LogP) is 3.00. The van der Waals surface area contributed by atoms with E-state index in [9.17, 15) is 4.79 Å². The molecule has 1 aromatic heterocycles. The van der Waals surface area contributed by atoms with Gasteiger partial charge in [0, 0.05) is 13.0 Å². The molecule has 1 fully saturated rings. The van der Waals surface area contributed by atoms with Crippen molar-refractivity contribution >= 4 is 5.91 Å². The van der Waals surface area contributed by atoms with Crippen molar-refractivity contribution < 1.29 is 14.1 Å². The zero-order valence-corrected chi connectivity index (χ0v) is 14.5. The summed E-state index contributed by atoms with van der Waals surface area (Å²) in [6.45, 7) is 3.39. The van der Waals surface area contributed by atoms with E-state index < -0.39 is 0 Å². The fraction of sp³-hybridized carbons (Fsp3) is 0.526. The average molecular weight is 341 g/mol. The van der Waals surface area contributed by atoms with Crippen LogP contribution < -0.4 is 0 Å². The van der Waals surface area contributed by atoms with Gasteiger partial charge in [0.1, 0.15) is 0 Å². The molecular formula is C19H23N3O3. The summed E-state index contributed by atoms with van der Waals surface area (Å²) in [5.41, 5.74) is 2.43. The summed E-state index contributed by atoms with van der Waals surface area (Å²) >= 11 is 0. The van der Waals surface area contributed by atoms with Crippen LogP contribution in [0.4, 0.5) is 0 Å². The topological polar surface area (TPSA) is 68.5 Å². The molecule has 0 N–H and O–H groups in total. The van der Waals surface area contributed by atoms with Crippen LogP contribution >= 0.6 is 0 Å².